The minimum Gasteiger partial charge on any atom is -0.346 e. The standard InChI is InChI=1S/C24H46N2O4/c1-5-6-7-8-9-10-11-12-13-14-17-27-24(20-18-25-15-16-26-20)22-21(19(2)28-24)29-23(3,4)30-22/h19-22,25-26H,5-18H2,1-4H3/t19-,20?,21+,22+,24+/m1/s1. The van der Waals surface area contributed by atoms with E-state index >= 15 is 0 Å². The third-order valence-electron chi connectivity index (χ3n) is 6.71. The molecule has 6 heteroatoms. The van der Waals surface area contributed by atoms with Crippen molar-refractivity contribution in [2.45, 2.75) is 128 Å². The van der Waals surface area contributed by atoms with Gasteiger partial charge in [-0.05, 0) is 27.2 Å². The Morgan fingerprint density at radius 1 is 0.867 bits per heavy atom. The molecule has 30 heavy (non-hydrogen) atoms. The zero-order valence-electron chi connectivity index (χ0n) is 19.8. The molecule has 3 fully saturated rings. The first-order valence-corrected chi connectivity index (χ1v) is 12.6. The lowest BCUT2D eigenvalue weighted by atomic mass is 9.96. The fraction of sp³-hybridized carbons (Fsp3) is 1.00. The molecule has 176 valence electrons. The first-order valence-electron chi connectivity index (χ1n) is 12.6. The molecule has 0 amide bonds. The number of fused-ring (bicyclic) bond motifs is 1. The summed E-state index contributed by atoms with van der Waals surface area (Å²) in [5.74, 6) is -1.38. The second-order valence-corrected chi connectivity index (χ2v) is 9.81. The van der Waals surface area contributed by atoms with Crippen molar-refractivity contribution in [2.75, 3.05) is 26.2 Å². The number of piperazine rings is 1. The van der Waals surface area contributed by atoms with E-state index in [-0.39, 0.29) is 24.4 Å². The summed E-state index contributed by atoms with van der Waals surface area (Å²) >= 11 is 0. The third kappa shape index (κ3) is 6.17. The molecule has 6 nitrogen and oxygen atoms in total. The quantitative estimate of drug-likeness (QED) is 0.432. The molecule has 0 spiro atoms. The average molecular weight is 427 g/mol. The SMILES string of the molecule is CCCCCCCCCCCCO[C@@]1(C2CNCCN2)O[C@H](C)[C@@H]2OC(C)(C)O[C@@H]21. The van der Waals surface area contributed by atoms with Crippen LogP contribution in [0.2, 0.25) is 0 Å². The average Bonchev–Trinajstić information content (AvgIpc) is 3.19. The van der Waals surface area contributed by atoms with Crippen molar-refractivity contribution in [1.29, 1.82) is 0 Å². The largest absolute Gasteiger partial charge is 0.346 e. The molecule has 0 saturated carbocycles. The Bertz CT molecular complexity index is 498. The van der Waals surface area contributed by atoms with Crippen molar-refractivity contribution in [3.05, 3.63) is 0 Å². The van der Waals surface area contributed by atoms with Crippen LogP contribution < -0.4 is 10.6 Å². The smallest absolute Gasteiger partial charge is 0.215 e. The molecule has 3 aliphatic rings. The lowest BCUT2D eigenvalue weighted by molar-refractivity contribution is -0.303. The minimum absolute atomic E-state index is 0.0480. The maximum Gasteiger partial charge on any atom is 0.215 e. The van der Waals surface area contributed by atoms with E-state index in [1.165, 1.54) is 57.8 Å². The Morgan fingerprint density at radius 3 is 2.17 bits per heavy atom. The lowest BCUT2D eigenvalue weighted by Crippen LogP contribution is -2.66. The van der Waals surface area contributed by atoms with Gasteiger partial charge in [-0.2, -0.15) is 0 Å². The summed E-state index contributed by atoms with van der Waals surface area (Å²) in [6, 6.07) is 0.0596. The third-order valence-corrected chi connectivity index (χ3v) is 6.71. The van der Waals surface area contributed by atoms with Gasteiger partial charge in [0, 0.05) is 19.6 Å². The van der Waals surface area contributed by atoms with E-state index in [4.69, 9.17) is 18.9 Å². The van der Waals surface area contributed by atoms with E-state index in [2.05, 4.69) is 24.5 Å². The monoisotopic (exact) mass is 426 g/mol. The van der Waals surface area contributed by atoms with Crippen LogP contribution in [-0.2, 0) is 18.9 Å². The predicted molar refractivity (Wildman–Crippen MR) is 120 cm³/mol. The number of nitrogens with one attached hydrogen (secondary N) is 2. The highest BCUT2D eigenvalue weighted by Gasteiger charge is 2.65. The van der Waals surface area contributed by atoms with Gasteiger partial charge in [0.2, 0.25) is 5.79 Å². The van der Waals surface area contributed by atoms with Crippen LogP contribution in [0.15, 0.2) is 0 Å². The number of hydrogen-bond donors (Lipinski definition) is 2. The van der Waals surface area contributed by atoms with E-state index in [9.17, 15) is 0 Å². The van der Waals surface area contributed by atoms with E-state index in [1.54, 1.807) is 0 Å². The van der Waals surface area contributed by atoms with Crippen molar-refractivity contribution < 1.29 is 18.9 Å². The summed E-state index contributed by atoms with van der Waals surface area (Å²) < 4.78 is 25.5. The summed E-state index contributed by atoms with van der Waals surface area (Å²) in [5.41, 5.74) is 0. The van der Waals surface area contributed by atoms with Crippen LogP contribution in [0, 0.1) is 0 Å². The predicted octanol–water partition coefficient (Wildman–Crippen LogP) is 4.12. The summed E-state index contributed by atoms with van der Waals surface area (Å²) in [5, 5.41) is 7.08. The summed E-state index contributed by atoms with van der Waals surface area (Å²) in [6.07, 6.45) is 12.9. The van der Waals surface area contributed by atoms with E-state index < -0.39 is 11.6 Å². The number of rotatable bonds is 13. The van der Waals surface area contributed by atoms with Gasteiger partial charge in [0.25, 0.3) is 0 Å². The van der Waals surface area contributed by atoms with Gasteiger partial charge in [-0.3, -0.25) is 0 Å². The van der Waals surface area contributed by atoms with Crippen molar-refractivity contribution in [1.82, 2.24) is 10.6 Å². The highest BCUT2D eigenvalue weighted by molar-refractivity contribution is 5.08. The van der Waals surface area contributed by atoms with Crippen LogP contribution in [0.4, 0.5) is 0 Å². The molecule has 0 aromatic carbocycles. The molecule has 0 aromatic heterocycles. The van der Waals surface area contributed by atoms with Crippen LogP contribution in [-0.4, -0.2) is 62.2 Å². The molecule has 0 bridgehead atoms. The van der Waals surface area contributed by atoms with Crippen LogP contribution in [0.25, 0.3) is 0 Å². The van der Waals surface area contributed by atoms with E-state index in [1.807, 2.05) is 13.8 Å². The van der Waals surface area contributed by atoms with Crippen molar-refractivity contribution >= 4 is 0 Å². The molecule has 3 rings (SSSR count). The first kappa shape index (κ1) is 24.4. The maximum atomic E-state index is 6.55. The Kier molecular flexibility index (Phi) is 9.41. The molecular formula is C24H46N2O4. The summed E-state index contributed by atoms with van der Waals surface area (Å²) in [4.78, 5) is 0. The topological polar surface area (TPSA) is 61.0 Å². The second-order valence-electron chi connectivity index (χ2n) is 9.81. The highest BCUT2D eigenvalue weighted by Crippen LogP contribution is 2.46. The molecule has 0 aliphatic carbocycles. The second kappa shape index (κ2) is 11.6. The van der Waals surface area contributed by atoms with Crippen molar-refractivity contribution in [2.24, 2.45) is 0 Å². The summed E-state index contributed by atoms with van der Waals surface area (Å²) in [6.45, 7) is 11.7. The van der Waals surface area contributed by atoms with E-state index in [0.717, 1.165) is 26.1 Å². The van der Waals surface area contributed by atoms with Crippen molar-refractivity contribution in [3.8, 4) is 0 Å². The highest BCUT2D eigenvalue weighted by atomic mass is 16.8. The lowest BCUT2D eigenvalue weighted by Gasteiger charge is -2.42. The molecule has 3 heterocycles. The van der Waals surface area contributed by atoms with Gasteiger partial charge >= 0.3 is 0 Å². The van der Waals surface area contributed by atoms with Gasteiger partial charge in [0.1, 0.15) is 12.2 Å². The van der Waals surface area contributed by atoms with Crippen molar-refractivity contribution in [3.63, 3.8) is 0 Å². The molecule has 0 radical (unpaired) electrons. The Labute approximate surface area is 184 Å². The zero-order valence-corrected chi connectivity index (χ0v) is 19.8. The molecule has 1 unspecified atom stereocenters. The van der Waals surface area contributed by atoms with Gasteiger partial charge in [-0.1, -0.05) is 64.7 Å². The molecule has 5 atom stereocenters. The van der Waals surface area contributed by atoms with Gasteiger partial charge in [0.15, 0.2) is 5.79 Å². The molecule has 0 aromatic rings. The molecule has 3 saturated heterocycles. The Hall–Kier alpha value is -0.240. The fourth-order valence-electron chi connectivity index (χ4n) is 5.12. The van der Waals surface area contributed by atoms with E-state index in [0.29, 0.717) is 6.61 Å². The fourth-order valence-corrected chi connectivity index (χ4v) is 5.12. The number of ether oxygens (including phenoxy) is 4. The first-order chi connectivity index (χ1) is 14.5. The molecule has 2 N–H and O–H groups in total. The van der Waals surface area contributed by atoms with Crippen LogP contribution >= 0.6 is 0 Å². The van der Waals surface area contributed by atoms with Gasteiger partial charge < -0.3 is 29.6 Å². The Morgan fingerprint density at radius 2 is 1.53 bits per heavy atom. The van der Waals surface area contributed by atoms with Gasteiger partial charge in [-0.15, -0.1) is 0 Å². The minimum atomic E-state index is -0.787. The number of hydrogen-bond acceptors (Lipinski definition) is 6. The Balaban J connectivity index is 1.44. The van der Waals surface area contributed by atoms with Gasteiger partial charge in [0.05, 0.1) is 18.8 Å². The summed E-state index contributed by atoms with van der Waals surface area (Å²) in [7, 11) is 0. The van der Waals surface area contributed by atoms with Crippen LogP contribution in [0.5, 0.6) is 0 Å². The van der Waals surface area contributed by atoms with Crippen LogP contribution in [0.1, 0.15) is 91.9 Å². The normalized spacial score (nSPS) is 35.6. The molecular weight excluding hydrogens is 380 g/mol. The van der Waals surface area contributed by atoms with Gasteiger partial charge in [-0.25, -0.2) is 0 Å². The molecule has 3 aliphatic heterocycles. The maximum absolute atomic E-state index is 6.55. The number of unbranched alkanes of at least 4 members (excludes halogenated alkanes) is 9. The van der Waals surface area contributed by atoms with Crippen LogP contribution in [0.3, 0.4) is 0 Å². The zero-order chi connectivity index (χ0) is 21.5.